The van der Waals surface area contributed by atoms with E-state index in [-0.39, 0.29) is 11.8 Å². The van der Waals surface area contributed by atoms with Crippen LogP contribution in [0.4, 0.5) is 4.39 Å². The van der Waals surface area contributed by atoms with E-state index in [1.54, 1.807) is 24.3 Å². The number of carbonyl (C=O) groups excluding carboxylic acids is 1. The predicted molar refractivity (Wildman–Crippen MR) is 104 cm³/mol. The molecule has 0 saturated heterocycles. The van der Waals surface area contributed by atoms with Crippen molar-refractivity contribution in [3.63, 3.8) is 0 Å². The number of aryl methyl sites for hydroxylation is 1. The quantitative estimate of drug-likeness (QED) is 0.431. The van der Waals surface area contributed by atoms with Gasteiger partial charge in [0.2, 0.25) is 0 Å². The van der Waals surface area contributed by atoms with Gasteiger partial charge in [0.1, 0.15) is 11.9 Å². The molecule has 134 valence electrons. The van der Waals surface area contributed by atoms with Crippen LogP contribution >= 0.6 is 0 Å². The first-order chi connectivity index (χ1) is 13.2. The van der Waals surface area contributed by atoms with Gasteiger partial charge >= 0.3 is 5.97 Å². The maximum atomic E-state index is 14.1. The number of hydrogen-bond donors (Lipinski definition) is 0. The minimum atomic E-state index is -0.440. The third kappa shape index (κ3) is 3.68. The highest BCUT2D eigenvalue weighted by Crippen LogP contribution is 2.32. The minimum absolute atomic E-state index is 0.240. The Kier molecular flexibility index (Phi) is 4.84. The fraction of sp³-hybridized carbons (Fsp3) is 0.125. The van der Waals surface area contributed by atoms with Crippen LogP contribution in [0.3, 0.4) is 0 Å². The summed E-state index contributed by atoms with van der Waals surface area (Å²) in [5.74, 6) is -0.590. The SMILES string of the molecule is O=C(OC1C=CCCc2cc(-c3ccccc3F)ccc21)c1ccccc1. The Morgan fingerprint density at radius 3 is 2.56 bits per heavy atom. The number of carbonyl (C=O) groups is 1. The number of fused-ring (bicyclic) bond motifs is 1. The van der Waals surface area contributed by atoms with Gasteiger partial charge in [0.25, 0.3) is 0 Å². The third-order valence-electron chi connectivity index (χ3n) is 4.77. The molecule has 0 heterocycles. The average molecular weight is 358 g/mol. The lowest BCUT2D eigenvalue weighted by molar-refractivity contribution is 0.0391. The zero-order chi connectivity index (χ0) is 18.6. The summed E-state index contributed by atoms with van der Waals surface area (Å²) in [7, 11) is 0. The first kappa shape index (κ1) is 17.2. The van der Waals surface area contributed by atoms with Crippen LogP contribution < -0.4 is 0 Å². The van der Waals surface area contributed by atoms with Gasteiger partial charge in [0.15, 0.2) is 0 Å². The minimum Gasteiger partial charge on any atom is -0.450 e. The Hall–Kier alpha value is -3.20. The summed E-state index contributed by atoms with van der Waals surface area (Å²) in [6.07, 6.45) is 5.20. The Balaban J connectivity index is 1.65. The molecule has 0 N–H and O–H groups in total. The van der Waals surface area contributed by atoms with E-state index >= 15 is 0 Å². The average Bonchev–Trinajstić information content (AvgIpc) is 2.91. The molecule has 0 aliphatic heterocycles. The number of benzene rings is 3. The van der Waals surface area contributed by atoms with Gasteiger partial charge in [-0.05, 0) is 53.8 Å². The van der Waals surface area contributed by atoms with Crippen LogP contribution in [0.1, 0.15) is 34.0 Å². The normalized spacial score (nSPS) is 15.7. The lowest BCUT2D eigenvalue weighted by Gasteiger charge is -2.18. The van der Waals surface area contributed by atoms with Crippen molar-refractivity contribution in [3.8, 4) is 11.1 Å². The van der Waals surface area contributed by atoms with E-state index in [0.29, 0.717) is 11.1 Å². The van der Waals surface area contributed by atoms with E-state index in [1.165, 1.54) is 6.07 Å². The van der Waals surface area contributed by atoms with Crippen LogP contribution in [0, 0.1) is 5.82 Å². The third-order valence-corrected chi connectivity index (χ3v) is 4.77. The van der Waals surface area contributed by atoms with E-state index in [9.17, 15) is 9.18 Å². The highest BCUT2D eigenvalue weighted by atomic mass is 19.1. The smallest absolute Gasteiger partial charge is 0.339 e. The Morgan fingerprint density at radius 2 is 1.74 bits per heavy atom. The number of halogens is 1. The van der Waals surface area contributed by atoms with E-state index in [4.69, 9.17) is 4.74 Å². The molecule has 0 spiro atoms. The number of allylic oxidation sites excluding steroid dienone is 1. The summed E-state index contributed by atoms with van der Waals surface area (Å²) in [5, 5.41) is 0. The second kappa shape index (κ2) is 7.58. The molecule has 0 fully saturated rings. The second-order valence-electron chi connectivity index (χ2n) is 6.55. The predicted octanol–water partition coefficient (Wildman–Crippen LogP) is 5.89. The largest absolute Gasteiger partial charge is 0.450 e. The molecule has 1 atom stereocenters. The summed E-state index contributed by atoms with van der Waals surface area (Å²) in [4.78, 5) is 12.5. The molecular formula is C24H19FO2. The highest BCUT2D eigenvalue weighted by molar-refractivity contribution is 5.89. The van der Waals surface area contributed by atoms with Crippen LogP contribution in [0.2, 0.25) is 0 Å². The van der Waals surface area contributed by atoms with Crippen molar-refractivity contribution in [2.45, 2.75) is 18.9 Å². The molecule has 1 aliphatic carbocycles. The molecule has 27 heavy (non-hydrogen) atoms. The van der Waals surface area contributed by atoms with Gasteiger partial charge in [-0.2, -0.15) is 0 Å². The molecule has 0 bridgehead atoms. The molecular weight excluding hydrogens is 339 g/mol. The molecule has 3 aromatic carbocycles. The van der Waals surface area contributed by atoms with Crippen LogP contribution in [-0.2, 0) is 11.2 Å². The van der Waals surface area contributed by atoms with Crippen molar-refractivity contribution in [2.75, 3.05) is 0 Å². The summed E-state index contributed by atoms with van der Waals surface area (Å²) in [6.45, 7) is 0. The molecule has 0 radical (unpaired) electrons. The van der Waals surface area contributed by atoms with Crippen molar-refractivity contribution < 1.29 is 13.9 Å². The van der Waals surface area contributed by atoms with Crippen molar-refractivity contribution in [2.24, 2.45) is 0 Å². The Labute approximate surface area is 157 Å². The fourth-order valence-corrected chi connectivity index (χ4v) is 3.39. The molecule has 0 aromatic heterocycles. The van der Waals surface area contributed by atoms with E-state index < -0.39 is 6.10 Å². The van der Waals surface area contributed by atoms with Gasteiger partial charge in [-0.1, -0.05) is 60.7 Å². The maximum absolute atomic E-state index is 14.1. The summed E-state index contributed by atoms with van der Waals surface area (Å²) in [6, 6.07) is 21.6. The van der Waals surface area contributed by atoms with Gasteiger partial charge in [-0.25, -0.2) is 9.18 Å². The van der Waals surface area contributed by atoms with Gasteiger partial charge in [-0.3, -0.25) is 0 Å². The number of rotatable bonds is 3. The number of ether oxygens (including phenoxy) is 1. The first-order valence-electron chi connectivity index (χ1n) is 9.03. The fourth-order valence-electron chi connectivity index (χ4n) is 3.39. The second-order valence-corrected chi connectivity index (χ2v) is 6.55. The molecule has 3 aromatic rings. The molecule has 4 rings (SSSR count). The molecule has 1 aliphatic rings. The summed E-state index contributed by atoms with van der Waals surface area (Å²) < 4.78 is 19.9. The molecule has 1 unspecified atom stereocenters. The van der Waals surface area contributed by atoms with Crippen LogP contribution in [0.25, 0.3) is 11.1 Å². The lowest BCUT2D eigenvalue weighted by atomic mass is 9.95. The summed E-state index contributed by atoms with van der Waals surface area (Å²) in [5.41, 5.74) is 3.97. The van der Waals surface area contributed by atoms with Gasteiger partial charge in [0, 0.05) is 5.56 Å². The van der Waals surface area contributed by atoms with Crippen molar-refractivity contribution in [1.82, 2.24) is 0 Å². The number of hydrogen-bond acceptors (Lipinski definition) is 2. The molecule has 2 nitrogen and oxygen atoms in total. The van der Waals surface area contributed by atoms with Crippen molar-refractivity contribution in [1.29, 1.82) is 0 Å². The monoisotopic (exact) mass is 358 g/mol. The maximum Gasteiger partial charge on any atom is 0.339 e. The van der Waals surface area contributed by atoms with Crippen molar-refractivity contribution in [3.05, 3.63) is 107 Å². The first-order valence-corrected chi connectivity index (χ1v) is 9.03. The zero-order valence-corrected chi connectivity index (χ0v) is 14.8. The molecule has 0 amide bonds. The van der Waals surface area contributed by atoms with Gasteiger partial charge in [0.05, 0.1) is 5.56 Å². The van der Waals surface area contributed by atoms with E-state index in [0.717, 1.165) is 29.5 Å². The Morgan fingerprint density at radius 1 is 0.963 bits per heavy atom. The molecule has 3 heteroatoms. The summed E-state index contributed by atoms with van der Waals surface area (Å²) >= 11 is 0. The van der Waals surface area contributed by atoms with E-state index in [2.05, 4.69) is 0 Å². The zero-order valence-electron chi connectivity index (χ0n) is 14.8. The van der Waals surface area contributed by atoms with Crippen molar-refractivity contribution >= 4 is 5.97 Å². The number of esters is 1. The lowest BCUT2D eigenvalue weighted by Crippen LogP contribution is -2.11. The van der Waals surface area contributed by atoms with Crippen LogP contribution in [-0.4, -0.2) is 5.97 Å². The van der Waals surface area contributed by atoms with Crippen LogP contribution in [0.15, 0.2) is 84.9 Å². The van der Waals surface area contributed by atoms with E-state index in [1.807, 2.05) is 54.6 Å². The standard InChI is InChI=1S/C24H19FO2/c25-22-12-6-5-11-20(22)19-14-15-21-18(16-19)10-4-7-13-23(21)27-24(26)17-8-2-1-3-9-17/h1-3,5-9,11-16,23H,4,10H2. The highest BCUT2D eigenvalue weighted by Gasteiger charge is 2.21. The topological polar surface area (TPSA) is 26.3 Å². The van der Waals surface area contributed by atoms with Crippen LogP contribution in [0.5, 0.6) is 0 Å². The van der Waals surface area contributed by atoms with Gasteiger partial charge < -0.3 is 4.74 Å². The van der Waals surface area contributed by atoms with Gasteiger partial charge in [-0.15, -0.1) is 0 Å². The molecule has 0 saturated carbocycles. The Bertz CT molecular complexity index is 992.